The van der Waals surface area contributed by atoms with Crippen molar-refractivity contribution in [3.63, 3.8) is 0 Å². The number of carboxylic acid groups (broad SMARTS) is 2. The summed E-state index contributed by atoms with van der Waals surface area (Å²) in [5.41, 5.74) is 0. The van der Waals surface area contributed by atoms with Crippen LogP contribution < -0.4 is 20.8 Å². The topological polar surface area (TPSA) is 138 Å². The molecule has 85 valence electrons. The summed E-state index contributed by atoms with van der Waals surface area (Å²) in [6.45, 7) is 2.19. The Morgan fingerprint density at radius 3 is 1.00 bits per heavy atom. The number of carbonyl (C=O) groups is 4. The minimum Gasteiger partial charge on any atom is -0.530 e. The summed E-state index contributed by atoms with van der Waals surface area (Å²) in [7, 11) is 0. The number of amides is 4. The maximum Gasteiger partial charge on any atom is 2.00 e. The van der Waals surface area contributed by atoms with Gasteiger partial charge < -0.3 is 30.4 Å². The Balaban J connectivity index is -0.000000180. The van der Waals surface area contributed by atoms with Gasteiger partial charge in [-0.1, -0.05) is 0 Å². The number of rotatable bonds is 0. The molecule has 2 N–H and O–H groups in total. The fourth-order valence-corrected chi connectivity index (χ4v) is 0.287. The Hall–Kier alpha value is -1.60. The van der Waals surface area contributed by atoms with E-state index in [1.165, 1.54) is 10.6 Å². The molecule has 0 saturated heterocycles. The molecule has 0 bridgehead atoms. The van der Waals surface area contributed by atoms with Gasteiger partial charge in [0.05, 0.1) is 0 Å². The fraction of sp³-hybridized carbons (Fsp3) is 0.333. The van der Waals surface area contributed by atoms with Crippen LogP contribution >= 0.6 is 0 Å². The van der Waals surface area contributed by atoms with E-state index in [4.69, 9.17) is 0 Å². The Morgan fingerprint density at radius 1 is 0.800 bits per heavy atom. The largest absolute Gasteiger partial charge is 2.00 e. The third kappa shape index (κ3) is 32.7. The van der Waals surface area contributed by atoms with Crippen molar-refractivity contribution < 1.29 is 46.5 Å². The van der Waals surface area contributed by atoms with Crippen LogP contribution in [0.4, 0.5) is 9.59 Å². The van der Waals surface area contributed by atoms with E-state index in [0.29, 0.717) is 0 Å². The SMILES string of the molecule is CC(=O)NC(=O)[O-].CC(=O)NC(=O)[O-].[Mn+2]. The maximum absolute atomic E-state index is 9.72. The summed E-state index contributed by atoms with van der Waals surface area (Å²) < 4.78 is 0. The van der Waals surface area contributed by atoms with Crippen LogP contribution in [0.3, 0.4) is 0 Å². The van der Waals surface area contributed by atoms with Crippen molar-refractivity contribution >= 4 is 24.0 Å². The van der Waals surface area contributed by atoms with Gasteiger partial charge >= 0.3 is 17.1 Å². The molecule has 0 saturated carbocycles. The molecule has 0 aromatic heterocycles. The third-order valence-electron chi connectivity index (χ3n) is 0.556. The van der Waals surface area contributed by atoms with E-state index in [1.807, 2.05) is 0 Å². The van der Waals surface area contributed by atoms with Gasteiger partial charge in [0, 0.05) is 13.8 Å². The Morgan fingerprint density at radius 2 is 1.00 bits per heavy atom. The van der Waals surface area contributed by atoms with Crippen LogP contribution in [0.1, 0.15) is 13.8 Å². The molecule has 0 aliphatic rings. The smallest absolute Gasteiger partial charge is 0.530 e. The van der Waals surface area contributed by atoms with Crippen molar-refractivity contribution in [2.45, 2.75) is 13.8 Å². The molecular formula is C6H8MnN2O6. The predicted octanol–water partition coefficient (Wildman–Crippen LogP) is -3.07. The van der Waals surface area contributed by atoms with Crippen LogP contribution in [-0.2, 0) is 26.7 Å². The normalized spacial score (nSPS) is 7.07. The minimum atomic E-state index is -1.56. The van der Waals surface area contributed by atoms with Crippen LogP contribution in [0.15, 0.2) is 0 Å². The molecule has 0 rings (SSSR count). The molecule has 0 spiro atoms. The summed E-state index contributed by atoms with van der Waals surface area (Å²) >= 11 is 0. The van der Waals surface area contributed by atoms with E-state index in [1.54, 1.807) is 0 Å². The van der Waals surface area contributed by atoms with Gasteiger partial charge in [-0.15, -0.1) is 0 Å². The fourth-order valence-electron chi connectivity index (χ4n) is 0.287. The monoisotopic (exact) mass is 259 g/mol. The average molecular weight is 259 g/mol. The zero-order valence-electron chi connectivity index (χ0n) is 7.83. The van der Waals surface area contributed by atoms with Crippen LogP contribution in [0.5, 0.6) is 0 Å². The van der Waals surface area contributed by atoms with Crippen LogP contribution in [0, 0.1) is 0 Å². The first-order valence-electron chi connectivity index (χ1n) is 3.22. The van der Waals surface area contributed by atoms with E-state index in [0.717, 1.165) is 13.8 Å². The number of imide groups is 2. The van der Waals surface area contributed by atoms with Gasteiger partial charge in [-0.25, -0.2) is 0 Å². The van der Waals surface area contributed by atoms with Crippen LogP contribution in [0.2, 0.25) is 0 Å². The van der Waals surface area contributed by atoms with Gasteiger partial charge in [-0.2, -0.15) is 0 Å². The number of nitrogens with one attached hydrogen (secondary N) is 2. The zero-order valence-corrected chi connectivity index (χ0v) is 9.01. The molecule has 9 heteroatoms. The molecule has 0 aliphatic heterocycles. The van der Waals surface area contributed by atoms with Gasteiger partial charge in [0.15, 0.2) is 0 Å². The van der Waals surface area contributed by atoms with E-state index in [-0.39, 0.29) is 17.1 Å². The Kier molecular flexibility index (Phi) is 13.3. The summed E-state index contributed by atoms with van der Waals surface area (Å²) in [6, 6.07) is 0. The molecule has 0 fully saturated rings. The first-order chi connectivity index (χ1) is 6.25. The first-order valence-corrected chi connectivity index (χ1v) is 3.22. The molecule has 0 heterocycles. The molecule has 0 unspecified atom stereocenters. The molecule has 15 heavy (non-hydrogen) atoms. The summed E-state index contributed by atoms with van der Waals surface area (Å²) in [4.78, 5) is 38.2. The second kappa shape index (κ2) is 10.5. The standard InChI is InChI=1S/2C3H5NO3.Mn/c2*1-2(5)4-3(6)7;/h2*1H3,(H,4,5)(H,6,7);/q;;+2/p-2. The molecular weight excluding hydrogens is 251 g/mol. The van der Waals surface area contributed by atoms with E-state index < -0.39 is 24.0 Å². The zero-order chi connectivity index (χ0) is 11.7. The summed E-state index contributed by atoms with van der Waals surface area (Å²) in [5, 5.41) is 21.7. The van der Waals surface area contributed by atoms with E-state index in [9.17, 15) is 29.4 Å². The second-order valence-electron chi connectivity index (χ2n) is 1.94. The molecule has 0 atom stereocenters. The van der Waals surface area contributed by atoms with E-state index in [2.05, 4.69) is 0 Å². The number of hydrogen-bond acceptors (Lipinski definition) is 6. The maximum atomic E-state index is 9.72. The van der Waals surface area contributed by atoms with Crippen molar-refractivity contribution in [2.24, 2.45) is 0 Å². The second-order valence-corrected chi connectivity index (χ2v) is 1.94. The number of carbonyl (C=O) groups excluding carboxylic acids is 4. The quantitative estimate of drug-likeness (QED) is 0.442. The van der Waals surface area contributed by atoms with Gasteiger partial charge in [-0.3, -0.25) is 9.59 Å². The van der Waals surface area contributed by atoms with Crippen molar-refractivity contribution in [2.75, 3.05) is 0 Å². The predicted molar refractivity (Wildman–Crippen MR) is 38.4 cm³/mol. The van der Waals surface area contributed by atoms with Crippen molar-refractivity contribution in [3.8, 4) is 0 Å². The number of hydrogen-bond donors (Lipinski definition) is 2. The van der Waals surface area contributed by atoms with Crippen molar-refractivity contribution in [1.29, 1.82) is 0 Å². The molecule has 0 aromatic carbocycles. The van der Waals surface area contributed by atoms with Crippen LogP contribution in [0.25, 0.3) is 0 Å². The molecule has 0 aromatic rings. The van der Waals surface area contributed by atoms with Gasteiger partial charge in [-0.05, 0) is 0 Å². The van der Waals surface area contributed by atoms with Gasteiger partial charge in [0.1, 0.15) is 12.2 Å². The van der Waals surface area contributed by atoms with Crippen molar-refractivity contribution in [3.05, 3.63) is 0 Å². The minimum absolute atomic E-state index is 0. The molecule has 0 aliphatic carbocycles. The molecule has 4 amide bonds. The first kappa shape index (κ1) is 19.0. The average Bonchev–Trinajstić information content (AvgIpc) is 1.79. The molecule has 1 radical (unpaired) electrons. The van der Waals surface area contributed by atoms with Gasteiger partial charge in [0.25, 0.3) is 0 Å². The molecule has 8 nitrogen and oxygen atoms in total. The van der Waals surface area contributed by atoms with E-state index >= 15 is 0 Å². The Bertz CT molecular complexity index is 204. The van der Waals surface area contributed by atoms with Crippen molar-refractivity contribution in [1.82, 2.24) is 10.6 Å². The van der Waals surface area contributed by atoms with Gasteiger partial charge in [0.2, 0.25) is 11.8 Å². The third-order valence-corrected chi connectivity index (χ3v) is 0.556. The summed E-state index contributed by atoms with van der Waals surface area (Å²) in [5.74, 6) is -1.25. The van der Waals surface area contributed by atoms with Crippen LogP contribution in [-0.4, -0.2) is 24.0 Å². The summed E-state index contributed by atoms with van der Waals surface area (Å²) in [6.07, 6.45) is -3.12. The Labute approximate surface area is 95.5 Å².